The van der Waals surface area contributed by atoms with Gasteiger partial charge in [0.1, 0.15) is 0 Å². The lowest BCUT2D eigenvalue weighted by Gasteiger charge is -2.26. The summed E-state index contributed by atoms with van der Waals surface area (Å²) < 4.78 is 1.15. The molecule has 1 aromatic carbocycles. The first-order chi connectivity index (χ1) is 10.1. The van der Waals surface area contributed by atoms with Crippen LogP contribution in [0.25, 0.3) is 0 Å². The highest BCUT2D eigenvalue weighted by Crippen LogP contribution is 2.20. The van der Waals surface area contributed by atoms with Crippen molar-refractivity contribution in [2.24, 2.45) is 5.92 Å². The number of halogens is 1. The summed E-state index contributed by atoms with van der Waals surface area (Å²) in [6.45, 7) is 13.6. The van der Waals surface area contributed by atoms with Crippen molar-refractivity contribution in [3.8, 4) is 0 Å². The third kappa shape index (κ3) is 7.44. The predicted octanol–water partition coefficient (Wildman–Crippen LogP) is 4.86. The Hall–Kier alpha value is -0.380. The normalized spacial score (nSPS) is 13.1. The second kappa shape index (κ2) is 10.4. The molecule has 1 rings (SSSR count). The first-order valence-corrected chi connectivity index (χ1v) is 9.07. The highest BCUT2D eigenvalue weighted by Gasteiger charge is 2.13. The van der Waals surface area contributed by atoms with Crippen molar-refractivity contribution in [1.29, 1.82) is 0 Å². The minimum Gasteiger partial charge on any atom is -0.310 e. The van der Waals surface area contributed by atoms with Crippen LogP contribution in [0.3, 0.4) is 0 Å². The van der Waals surface area contributed by atoms with Crippen LogP contribution in [0.1, 0.15) is 52.1 Å². The van der Waals surface area contributed by atoms with Crippen molar-refractivity contribution in [2.45, 2.75) is 46.6 Å². The standard InChI is InChI=1S/C18H31BrN2/c1-5-12-20-18(16-7-9-17(19)10-8-16)11-13-21(6-2)14-15(3)4/h7-10,15,18,20H,5-6,11-14H2,1-4H3. The molecule has 1 N–H and O–H groups in total. The number of rotatable bonds is 10. The molecule has 21 heavy (non-hydrogen) atoms. The predicted molar refractivity (Wildman–Crippen MR) is 96.7 cm³/mol. The fraction of sp³-hybridized carbons (Fsp3) is 0.667. The molecule has 0 spiro atoms. The van der Waals surface area contributed by atoms with E-state index >= 15 is 0 Å². The molecule has 0 fully saturated rings. The summed E-state index contributed by atoms with van der Waals surface area (Å²) >= 11 is 3.52. The Bertz CT molecular complexity index is 375. The minimum absolute atomic E-state index is 0.458. The average molecular weight is 355 g/mol. The highest BCUT2D eigenvalue weighted by molar-refractivity contribution is 9.10. The largest absolute Gasteiger partial charge is 0.310 e. The number of hydrogen-bond acceptors (Lipinski definition) is 2. The van der Waals surface area contributed by atoms with Gasteiger partial charge in [-0.15, -0.1) is 0 Å². The van der Waals surface area contributed by atoms with Gasteiger partial charge in [-0.3, -0.25) is 0 Å². The van der Waals surface area contributed by atoms with Gasteiger partial charge in [0.05, 0.1) is 0 Å². The van der Waals surface area contributed by atoms with Gasteiger partial charge in [0, 0.05) is 17.1 Å². The fourth-order valence-electron chi connectivity index (χ4n) is 2.61. The Balaban J connectivity index is 2.62. The van der Waals surface area contributed by atoms with E-state index in [0.29, 0.717) is 6.04 Å². The van der Waals surface area contributed by atoms with Gasteiger partial charge in [0.25, 0.3) is 0 Å². The number of nitrogens with one attached hydrogen (secondary N) is 1. The molecule has 0 bridgehead atoms. The van der Waals surface area contributed by atoms with Crippen molar-refractivity contribution in [3.05, 3.63) is 34.3 Å². The van der Waals surface area contributed by atoms with E-state index in [-0.39, 0.29) is 0 Å². The summed E-state index contributed by atoms with van der Waals surface area (Å²) in [5, 5.41) is 3.70. The van der Waals surface area contributed by atoms with Crippen LogP contribution < -0.4 is 5.32 Å². The zero-order valence-electron chi connectivity index (χ0n) is 14.0. The van der Waals surface area contributed by atoms with Crippen LogP contribution in [0.5, 0.6) is 0 Å². The summed E-state index contributed by atoms with van der Waals surface area (Å²) in [4.78, 5) is 2.56. The SMILES string of the molecule is CCCNC(CCN(CC)CC(C)C)c1ccc(Br)cc1. The van der Waals surface area contributed by atoms with E-state index < -0.39 is 0 Å². The third-order valence-electron chi connectivity index (χ3n) is 3.72. The quantitative estimate of drug-likeness (QED) is 0.645. The molecule has 1 unspecified atom stereocenters. The number of benzene rings is 1. The van der Waals surface area contributed by atoms with Gasteiger partial charge in [-0.1, -0.05) is 55.8 Å². The topological polar surface area (TPSA) is 15.3 Å². The monoisotopic (exact) mass is 354 g/mol. The maximum atomic E-state index is 3.70. The third-order valence-corrected chi connectivity index (χ3v) is 4.25. The molecule has 0 amide bonds. The van der Waals surface area contributed by atoms with E-state index in [1.165, 1.54) is 24.9 Å². The molecular formula is C18H31BrN2. The molecule has 0 aliphatic carbocycles. The summed E-state index contributed by atoms with van der Waals surface area (Å²) in [6, 6.07) is 9.20. The molecule has 0 radical (unpaired) electrons. The zero-order valence-corrected chi connectivity index (χ0v) is 15.6. The average Bonchev–Trinajstić information content (AvgIpc) is 2.46. The lowest BCUT2D eigenvalue weighted by atomic mass is 10.0. The summed E-state index contributed by atoms with van der Waals surface area (Å²) in [7, 11) is 0. The van der Waals surface area contributed by atoms with Gasteiger partial charge < -0.3 is 10.2 Å². The van der Waals surface area contributed by atoms with Crippen molar-refractivity contribution >= 4 is 15.9 Å². The Morgan fingerprint density at radius 2 is 1.81 bits per heavy atom. The van der Waals surface area contributed by atoms with E-state index in [4.69, 9.17) is 0 Å². The second-order valence-corrected chi connectivity index (χ2v) is 7.05. The first-order valence-electron chi connectivity index (χ1n) is 8.28. The molecule has 1 aromatic rings. The van der Waals surface area contributed by atoms with E-state index in [1.54, 1.807) is 0 Å². The molecule has 0 aliphatic heterocycles. The van der Waals surface area contributed by atoms with E-state index in [9.17, 15) is 0 Å². The minimum atomic E-state index is 0.458. The Morgan fingerprint density at radius 1 is 1.14 bits per heavy atom. The second-order valence-electron chi connectivity index (χ2n) is 6.13. The Morgan fingerprint density at radius 3 is 2.33 bits per heavy atom. The van der Waals surface area contributed by atoms with E-state index in [0.717, 1.165) is 30.0 Å². The first kappa shape index (κ1) is 18.7. The van der Waals surface area contributed by atoms with E-state index in [2.05, 4.69) is 78.1 Å². The molecule has 1 atom stereocenters. The molecule has 2 nitrogen and oxygen atoms in total. The molecule has 0 heterocycles. The van der Waals surface area contributed by atoms with Gasteiger partial charge in [-0.2, -0.15) is 0 Å². The maximum absolute atomic E-state index is 3.70. The maximum Gasteiger partial charge on any atom is 0.0332 e. The molecule has 120 valence electrons. The highest BCUT2D eigenvalue weighted by atomic mass is 79.9. The van der Waals surface area contributed by atoms with Crippen LogP contribution >= 0.6 is 15.9 Å². The molecule has 0 saturated carbocycles. The Kier molecular flexibility index (Phi) is 9.21. The molecule has 0 aromatic heterocycles. The molecule has 0 aliphatic rings. The van der Waals surface area contributed by atoms with Crippen molar-refractivity contribution in [1.82, 2.24) is 10.2 Å². The number of hydrogen-bond donors (Lipinski definition) is 1. The van der Waals surface area contributed by atoms with Crippen LogP contribution in [-0.4, -0.2) is 31.1 Å². The van der Waals surface area contributed by atoms with Gasteiger partial charge in [-0.05, 0) is 56.1 Å². The summed E-state index contributed by atoms with van der Waals surface area (Å²) in [5.41, 5.74) is 1.40. The lowest BCUT2D eigenvalue weighted by molar-refractivity contribution is 0.241. The van der Waals surface area contributed by atoms with Gasteiger partial charge in [0.2, 0.25) is 0 Å². The fourth-order valence-corrected chi connectivity index (χ4v) is 2.87. The zero-order chi connectivity index (χ0) is 15.7. The van der Waals surface area contributed by atoms with Gasteiger partial charge in [-0.25, -0.2) is 0 Å². The lowest BCUT2D eigenvalue weighted by Crippen LogP contribution is -2.32. The van der Waals surface area contributed by atoms with Gasteiger partial charge in [0.15, 0.2) is 0 Å². The van der Waals surface area contributed by atoms with Gasteiger partial charge >= 0.3 is 0 Å². The van der Waals surface area contributed by atoms with E-state index in [1.807, 2.05) is 0 Å². The van der Waals surface area contributed by atoms with Crippen LogP contribution in [0, 0.1) is 5.92 Å². The van der Waals surface area contributed by atoms with Crippen molar-refractivity contribution in [2.75, 3.05) is 26.2 Å². The molecule has 0 saturated heterocycles. The molecule has 3 heteroatoms. The van der Waals surface area contributed by atoms with Crippen LogP contribution in [-0.2, 0) is 0 Å². The van der Waals surface area contributed by atoms with Crippen LogP contribution in [0.2, 0.25) is 0 Å². The van der Waals surface area contributed by atoms with Crippen molar-refractivity contribution < 1.29 is 0 Å². The van der Waals surface area contributed by atoms with Crippen LogP contribution in [0.4, 0.5) is 0 Å². The number of nitrogens with zero attached hydrogens (tertiary/aromatic N) is 1. The molecular weight excluding hydrogens is 324 g/mol. The van der Waals surface area contributed by atoms with Crippen molar-refractivity contribution in [3.63, 3.8) is 0 Å². The van der Waals surface area contributed by atoms with Crippen LogP contribution in [0.15, 0.2) is 28.7 Å². The summed E-state index contributed by atoms with van der Waals surface area (Å²) in [5.74, 6) is 0.736. The summed E-state index contributed by atoms with van der Waals surface area (Å²) in [6.07, 6.45) is 2.35. The smallest absolute Gasteiger partial charge is 0.0332 e. The Labute approximate surface area is 139 Å².